The second-order valence-corrected chi connectivity index (χ2v) is 13.8. The van der Waals surface area contributed by atoms with E-state index in [9.17, 15) is 4.79 Å². The third kappa shape index (κ3) is 5.11. The Bertz CT molecular complexity index is 1040. The lowest BCUT2D eigenvalue weighted by Gasteiger charge is -2.20. The van der Waals surface area contributed by atoms with E-state index >= 15 is 0 Å². The van der Waals surface area contributed by atoms with Gasteiger partial charge in [0, 0.05) is 25.3 Å². The van der Waals surface area contributed by atoms with Gasteiger partial charge in [-0.05, 0) is 66.7 Å². The molecule has 1 aliphatic carbocycles. The molecule has 0 amide bonds. The summed E-state index contributed by atoms with van der Waals surface area (Å²) in [6.45, 7) is 9.29. The molecule has 4 heterocycles. The number of carbonyl (C=O) groups excluding carboxylic acids is 1. The molecule has 5 rings (SSSR count). The van der Waals surface area contributed by atoms with Gasteiger partial charge in [-0.3, -0.25) is 0 Å². The van der Waals surface area contributed by atoms with Crippen molar-refractivity contribution in [1.29, 1.82) is 0 Å². The quantitative estimate of drug-likeness (QED) is 0.284. The first kappa shape index (κ1) is 22.5. The normalized spacial score (nSPS) is 23.2. The summed E-state index contributed by atoms with van der Waals surface area (Å²) in [4.78, 5) is 19.8. The second-order valence-electron chi connectivity index (χ2n) is 9.62. The number of aromatic nitrogens is 3. The molecule has 0 spiro atoms. The zero-order valence-corrected chi connectivity index (χ0v) is 20.5. The van der Waals surface area contributed by atoms with Crippen LogP contribution in [0.1, 0.15) is 40.8 Å². The van der Waals surface area contributed by atoms with Crippen molar-refractivity contribution in [3.05, 3.63) is 47.4 Å². The lowest BCUT2D eigenvalue weighted by atomic mass is 10.1. The largest absolute Gasteiger partial charge is 0.461 e. The number of hydrogen-bond acceptors (Lipinski definition) is 6. The standard InChI is InChI=1S/C25H34N4O3S/c1-4-22-18(6-7-24(26-22)28-15-19-12-20(19)16-28)13-21-14-23(25(30)32-5-2)29(27-21)17-31-8-9-33(3)10-11-33/h4,6-7,14,19-20H,1,5,8-13,15-17H2,2-3H3. The predicted octanol–water partition coefficient (Wildman–Crippen LogP) is 3.57. The van der Waals surface area contributed by atoms with Crippen molar-refractivity contribution < 1.29 is 14.3 Å². The zero-order chi connectivity index (χ0) is 23.0. The summed E-state index contributed by atoms with van der Waals surface area (Å²) in [7, 11) is -0.383. The van der Waals surface area contributed by atoms with Crippen LogP contribution in [0.4, 0.5) is 5.82 Å². The van der Waals surface area contributed by atoms with Gasteiger partial charge < -0.3 is 14.4 Å². The number of hydrogen-bond donors (Lipinski definition) is 0. The van der Waals surface area contributed by atoms with Gasteiger partial charge in [0.2, 0.25) is 0 Å². The molecule has 2 aromatic rings. The minimum atomic E-state index is -0.383. The van der Waals surface area contributed by atoms with Crippen LogP contribution >= 0.6 is 10.0 Å². The van der Waals surface area contributed by atoms with Crippen LogP contribution in [0.15, 0.2) is 24.8 Å². The van der Waals surface area contributed by atoms with Crippen LogP contribution < -0.4 is 4.90 Å². The van der Waals surface area contributed by atoms with E-state index in [-0.39, 0.29) is 22.7 Å². The molecular formula is C25H34N4O3S. The topological polar surface area (TPSA) is 69.5 Å². The Morgan fingerprint density at radius 1 is 1.30 bits per heavy atom. The van der Waals surface area contributed by atoms with Crippen molar-refractivity contribution >= 4 is 27.9 Å². The van der Waals surface area contributed by atoms with Crippen molar-refractivity contribution in [3.8, 4) is 0 Å². The molecule has 33 heavy (non-hydrogen) atoms. The zero-order valence-electron chi connectivity index (χ0n) is 19.7. The number of fused-ring (bicyclic) bond motifs is 1. The predicted molar refractivity (Wildman–Crippen MR) is 133 cm³/mol. The average molecular weight is 471 g/mol. The molecule has 8 heteroatoms. The molecule has 2 saturated heterocycles. The highest BCUT2D eigenvalue weighted by Gasteiger charge is 2.45. The summed E-state index contributed by atoms with van der Waals surface area (Å²) in [5.74, 6) is 6.21. The molecule has 3 fully saturated rings. The molecule has 2 aliphatic heterocycles. The van der Waals surface area contributed by atoms with Crippen molar-refractivity contribution in [2.24, 2.45) is 11.8 Å². The minimum absolute atomic E-state index is 0.256. The van der Waals surface area contributed by atoms with Gasteiger partial charge in [0.05, 0.1) is 24.6 Å². The summed E-state index contributed by atoms with van der Waals surface area (Å²) < 4.78 is 12.8. The highest BCUT2D eigenvalue weighted by Crippen LogP contribution is 2.57. The average Bonchev–Trinajstić information content (AvgIpc) is 3.64. The maximum atomic E-state index is 12.5. The molecule has 2 aromatic heterocycles. The molecule has 0 bridgehead atoms. The second kappa shape index (κ2) is 9.14. The Hall–Kier alpha value is -2.32. The number of esters is 1. The summed E-state index contributed by atoms with van der Waals surface area (Å²) in [6, 6.07) is 6.02. The molecule has 178 valence electrons. The highest BCUT2D eigenvalue weighted by molar-refractivity contribution is 8.38. The molecule has 1 saturated carbocycles. The van der Waals surface area contributed by atoms with Gasteiger partial charge in [0.25, 0.3) is 0 Å². The van der Waals surface area contributed by atoms with Crippen LogP contribution in [-0.2, 0) is 22.6 Å². The van der Waals surface area contributed by atoms with Crippen molar-refractivity contribution in [3.63, 3.8) is 0 Å². The van der Waals surface area contributed by atoms with Gasteiger partial charge in [-0.1, -0.05) is 12.6 Å². The van der Waals surface area contributed by atoms with Crippen molar-refractivity contribution in [2.75, 3.05) is 54.7 Å². The van der Waals surface area contributed by atoms with Gasteiger partial charge in [-0.2, -0.15) is 5.10 Å². The Morgan fingerprint density at radius 3 is 2.79 bits per heavy atom. The van der Waals surface area contributed by atoms with E-state index in [0.717, 1.165) is 53.4 Å². The van der Waals surface area contributed by atoms with Crippen molar-refractivity contribution in [1.82, 2.24) is 14.8 Å². The number of carbonyl (C=O) groups is 1. The number of piperidine rings is 1. The van der Waals surface area contributed by atoms with Gasteiger partial charge in [0.1, 0.15) is 18.2 Å². The van der Waals surface area contributed by atoms with Gasteiger partial charge in [-0.15, -0.1) is 0 Å². The third-order valence-electron chi connectivity index (χ3n) is 7.02. The van der Waals surface area contributed by atoms with Crippen LogP contribution in [0.25, 0.3) is 6.08 Å². The summed E-state index contributed by atoms with van der Waals surface area (Å²) in [5.41, 5.74) is 3.14. The number of rotatable bonds is 11. The van der Waals surface area contributed by atoms with E-state index in [4.69, 9.17) is 14.5 Å². The van der Waals surface area contributed by atoms with Gasteiger partial charge in [-0.25, -0.2) is 24.5 Å². The summed E-state index contributed by atoms with van der Waals surface area (Å²) in [6.07, 6.45) is 6.12. The summed E-state index contributed by atoms with van der Waals surface area (Å²) in [5, 5.41) is 4.67. The van der Waals surface area contributed by atoms with E-state index in [1.165, 1.54) is 17.9 Å². The SMILES string of the molecule is C=Cc1nc(N2CC3CC3C2)ccc1Cc1cc(C(=O)OCC)n(COCCS2(C)CC2)n1. The maximum Gasteiger partial charge on any atom is 0.356 e. The first-order valence-electron chi connectivity index (χ1n) is 11.9. The fourth-order valence-electron chi connectivity index (χ4n) is 4.56. The first-order valence-corrected chi connectivity index (χ1v) is 14.4. The van der Waals surface area contributed by atoms with Gasteiger partial charge in [0.15, 0.2) is 0 Å². The number of pyridine rings is 1. The molecule has 0 N–H and O–H groups in total. The lowest BCUT2D eigenvalue weighted by molar-refractivity contribution is 0.0458. The molecule has 0 radical (unpaired) electrons. The Kier molecular flexibility index (Phi) is 6.22. The molecule has 7 nitrogen and oxygen atoms in total. The number of anilines is 1. The Balaban J connectivity index is 1.29. The maximum absolute atomic E-state index is 12.5. The molecule has 0 aromatic carbocycles. The van der Waals surface area contributed by atoms with Crippen LogP contribution in [0.2, 0.25) is 0 Å². The van der Waals surface area contributed by atoms with E-state index in [2.05, 4.69) is 35.0 Å². The lowest BCUT2D eigenvalue weighted by Crippen LogP contribution is -2.23. The molecule has 3 aliphatic rings. The van der Waals surface area contributed by atoms with Crippen LogP contribution in [-0.4, -0.2) is 70.6 Å². The van der Waals surface area contributed by atoms with E-state index < -0.39 is 0 Å². The fourth-order valence-corrected chi connectivity index (χ4v) is 6.62. The Labute approximate surface area is 197 Å². The van der Waals surface area contributed by atoms with E-state index in [0.29, 0.717) is 25.3 Å². The smallest absolute Gasteiger partial charge is 0.356 e. The molecule has 2 atom stereocenters. The summed E-state index contributed by atoms with van der Waals surface area (Å²) >= 11 is 0. The van der Waals surface area contributed by atoms with Crippen LogP contribution in [0, 0.1) is 11.8 Å². The number of ether oxygens (including phenoxy) is 2. The van der Waals surface area contributed by atoms with Crippen LogP contribution in [0.3, 0.4) is 0 Å². The molecular weight excluding hydrogens is 436 g/mol. The third-order valence-corrected chi connectivity index (χ3v) is 9.97. The minimum Gasteiger partial charge on any atom is -0.461 e. The van der Waals surface area contributed by atoms with Crippen LogP contribution in [0.5, 0.6) is 0 Å². The van der Waals surface area contributed by atoms with E-state index in [1.54, 1.807) is 4.68 Å². The first-order chi connectivity index (χ1) is 16.0. The molecule has 2 unspecified atom stereocenters. The monoisotopic (exact) mass is 470 g/mol. The van der Waals surface area contributed by atoms with Gasteiger partial charge >= 0.3 is 5.97 Å². The van der Waals surface area contributed by atoms with E-state index in [1.807, 2.05) is 19.1 Å². The fraction of sp³-hybridized carbons (Fsp3) is 0.560. The highest BCUT2D eigenvalue weighted by atomic mass is 32.3. The van der Waals surface area contributed by atoms with Crippen molar-refractivity contribution in [2.45, 2.75) is 26.5 Å². The number of nitrogens with zero attached hydrogens (tertiary/aromatic N) is 4. The Morgan fingerprint density at radius 2 is 2.09 bits per heavy atom.